The summed E-state index contributed by atoms with van der Waals surface area (Å²) in [6.07, 6.45) is 15.6. The number of aromatic amines is 1. The summed E-state index contributed by atoms with van der Waals surface area (Å²) < 4.78 is 0. The molecule has 1 aromatic heterocycles. The lowest BCUT2D eigenvalue weighted by atomic mass is 9.45. The highest BCUT2D eigenvalue weighted by Crippen LogP contribution is 2.67. The number of allylic oxidation sites excluding steroid dienone is 3. The molecule has 0 amide bonds. The minimum absolute atomic E-state index is 0.120. The van der Waals surface area contributed by atoms with Crippen molar-refractivity contribution in [3.63, 3.8) is 0 Å². The minimum atomic E-state index is -0.120. The average Bonchev–Trinajstić information content (AvgIpc) is 3.23. The maximum absolute atomic E-state index is 10.2. The Morgan fingerprint density at radius 1 is 1.15 bits per heavy atom. The maximum Gasteiger partial charge on any atom is 0.133 e. The van der Waals surface area contributed by atoms with Crippen LogP contribution in [-0.4, -0.2) is 21.2 Å². The van der Waals surface area contributed by atoms with E-state index in [0.717, 1.165) is 42.8 Å². The fourth-order valence-electron chi connectivity index (χ4n) is 7.35. The Morgan fingerprint density at radius 3 is 2.73 bits per heavy atom. The summed E-state index contributed by atoms with van der Waals surface area (Å²) >= 11 is 0. The van der Waals surface area contributed by atoms with Crippen molar-refractivity contribution >= 4 is 5.57 Å². The number of aliphatic hydroxyl groups excluding tert-OH is 1. The predicted octanol–water partition coefficient (Wildman–Crippen LogP) is 4.97. The Labute approximate surface area is 157 Å². The molecule has 1 aromatic rings. The molecule has 2 N–H and O–H groups in total. The molecule has 0 saturated heterocycles. The molecule has 1 heterocycles. The van der Waals surface area contributed by atoms with E-state index in [1.165, 1.54) is 24.8 Å². The number of aliphatic hydroxyl groups is 1. The zero-order chi connectivity index (χ0) is 18.1. The first kappa shape index (κ1) is 16.8. The third kappa shape index (κ3) is 2.13. The van der Waals surface area contributed by atoms with Gasteiger partial charge in [0.15, 0.2) is 0 Å². The third-order valence-electron chi connectivity index (χ3n) is 8.74. The topological polar surface area (TPSA) is 48.9 Å². The standard InChI is InChI=1S/C23H32N2O/c1-14-12-15-13-16(26)6-8-22(15,2)18-7-9-23(3)17(20(14)18)4-5-19(23)21-24-10-11-25-21/h5,10-12,14,16-18,20,26H,4,6-9,13H2,1-3H3,(H,24,25)/t14-,16-,17+,18+,20+,22+,23+/m1/s1. The number of nitrogens with one attached hydrogen (secondary N) is 1. The van der Waals surface area contributed by atoms with Crippen molar-refractivity contribution in [3.8, 4) is 0 Å². The molecule has 7 atom stereocenters. The highest BCUT2D eigenvalue weighted by atomic mass is 16.3. The first-order chi connectivity index (χ1) is 12.4. The molecule has 3 heteroatoms. The van der Waals surface area contributed by atoms with Gasteiger partial charge in [0.1, 0.15) is 5.82 Å². The van der Waals surface area contributed by atoms with Crippen molar-refractivity contribution < 1.29 is 5.11 Å². The number of imidazole rings is 1. The number of rotatable bonds is 1. The number of nitrogens with zero attached hydrogens (tertiary/aromatic N) is 1. The van der Waals surface area contributed by atoms with E-state index in [1.807, 2.05) is 12.4 Å². The number of H-pyrrole nitrogens is 1. The Balaban J connectivity index is 1.52. The van der Waals surface area contributed by atoms with E-state index >= 15 is 0 Å². The van der Waals surface area contributed by atoms with E-state index in [2.05, 4.69) is 42.9 Å². The Hall–Kier alpha value is -1.35. The van der Waals surface area contributed by atoms with Crippen LogP contribution in [-0.2, 0) is 0 Å². The Kier molecular flexibility index (Phi) is 3.60. The second-order valence-electron chi connectivity index (χ2n) is 9.90. The van der Waals surface area contributed by atoms with E-state index in [0.29, 0.717) is 11.3 Å². The summed E-state index contributed by atoms with van der Waals surface area (Å²) in [7, 11) is 0. The van der Waals surface area contributed by atoms with Gasteiger partial charge in [0.2, 0.25) is 0 Å². The van der Waals surface area contributed by atoms with E-state index in [9.17, 15) is 5.11 Å². The largest absolute Gasteiger partial charge is 0.393 e. The van der Waals surface area contributed by atoms with Gasteiger partial charge in [-0.1, -0.05) is 38.5 Å². The normalized spacial score (nSPS) is 47.5. The third-order valence-corrected chi connectivity index (χ3v) is 8.74. The van der Waals surface area contributed by atoms with Gasteiger partial charge in [0.25, 0.3) is 0 Å². The van der Waals surface area contributed by atoms with E-state index in [-0.39, 0.29) is 11.5 Å². The summed E-state index contributed by atoms with van der Waals surface area (Å²) in [5.74, 6) is 3.94. The van der Waals surface area contributed by atoms with Crippen LogP contribution < -0.4 is 0 Å². The number of fused-ring (bicyclic) bond motifs is 5. The van der Waals surface area contributed by atoms with E-state index in [1.54, 1.807) is 5.57 Å². The van der Waals surface area contributed by atoms with E-state index in [4.69, 9.17) is 0 Å². The monoisotopic (exact) mass is 352 g/mol. The van der Waals surface area contributed by atoms with Gasteiger partial charge < -0.3 is 10.1 Å². The molecule has 0 aliphatic heterocycles. The van der Waals surface area contributed by atoms with E-state index < -0.39 is 0 Å². The van der Waals surface area contributed by atoms with Crippen molar-refractivity contribution in [1.82, 2.24) is 9.97 Å². The average molecular weight is 353 g/mol. The smallest absolute Gasteiger partial charge is 0.133 e. The van der Waals surface area contributed by atoms with Gasteiger partial charge in [-0.05, 0) is 78.6 Å². The van der Waals surface area contributed by atoms with Gasteiger partial charge in [-0.3, -0.25) is 0 Å². The van der Waals surface area contributed by atoms with Gasteiger partial charge in [0, 0.05) is 12.4 Å². The molecule has 2 fully saturated rings. The van der Waals surface area contributed by atoms with Gasteiger partial charge in [-0.15, -0.1) is 0 Å². The van der Waals surface area contributed by atoms with Crippen LogP contribution in [0.5, 0.6) is 0 Å². The zero-order valence-corrected chi connectivity index (χ0v) is 16.3. The molecular formula is C23H32N2O. The summed E-state index contributed by atoms with van der Waals surface area (Å²) in [5.41, 5.74) is 3.58. The fourth-order valence-corrected chi connectivity index (χ4v) is 7.35. The van der Waals surface area contributed by atoms with Crippen LogP contribution in [0.15, 0.2) is 30.1 Å². The first-order valence-corrected chi connectivity index (χ1v) is 10.5. The lowest BCUT2D eigenvalue weighted by molar-refractivity contribution is -0.0426. The molecule has 0 radical (unpaired) electrons. The van der Waals surface area contributed by atoms with Crippen LogP contribution in [0.1, 0.15) is 65.1 Å². The zero-order valence-electron chi connectivity index (χ0n) is 16.3. The molecule has 140 valence electrons. The Bertz CT molecular complexity index is 763. The van der Waals surface area contributed by atoms with Gasteiger partial charge in [-0.2, -0.15) is 0 Å². The second-order valence-corrected chi connectivity index (χ2v) is 9.90. The molecule has 0 unspecified atom stereocenters. The van der Waals surface area contributed by atoms with Crippen LogP contribution in [0.25, 0.3) is 5.57 Å². The van der Waals surface area contributed by atoms with Crippen molar-refractivity contribution in [2.75, 3.05) is 0 Å². The molecule has 0 aromatic carbocycles. The molecule has 26 heavy (non-hydrogen) atoms. The van der Waals surface area contributed by atoms with Crippen molar-refractivity contribution in [1.29, 1.82) is 0 Å². The lowest BCUT2D eigenvalue weighted by Gasteiger charge is -2.59. The second kappa shape index (κ2) is 5.58. The van der Waals surface area contributed by atoms with Crippen LogP contribution in [0.2, 0.25) is 0 Å². The first-order valence-electron chi connectivity index (χ1n) is 10.5. The maximum atomic E-state index is 10.2. The SMILES string of the molecule is C[C@@H]1C=C2C[C@H](O)CC[C@]2(C)[C@H]2CC[C@]3(C)C(c4ncc[nH]4)=CC[C@H]3[C@H]12. The highest BCUT2D eigenvalue weighted by Gasteiger charge is 2.58. The van der Waals surface area contributed by atoms with Gasteiger partial charge in [0.05, 0.1) is 6.10 Å². The molecule has 4 aliphatic rings. The van der Waals surface area contributed by atoms with Crippen LogP contribution in [0.3, 0.4) is 0 Å². The lowest BCUT2D eigenvalue weighted by Crippen LogP contribution is -2.52. The predicted molar refractivity (Wildman–Crippen MR) is 104 cm³/mol. The van der Waals surface area contributed by atoms with Crippen molar-refractivity contribution in [2.24, 2.45) is 34.5 Å². The quantitative estimate of drug-likeness (QED) is 0.701. The molecule has 3 nitrogen and oxygen atoms in total. The van der Waals surface area contributed by atoms with Crippen LogP contribution >= 0.6 is 0 Å². The molecule has 0 spiro atoms. The molecule has 5 rings (SSSR count). The fraction of sp³-hybridized carbons (Fsp3) is 0.696. The summed E-state index contributed by atoms with van der Waals surface area (Å²) in [5, 5.41) is 10.2. The number of aromatic nitrogens is 2. The molecule has 2 saturated carbocycles. The van der Waals surface area contributed by atoms with Crippen molar-refractivity contribution in [3.05, 3.63) is 35.9 Å². The van der Waals surface area contributed by atoms with Crippen molar-refractivity contribution in [2.45, 2.75) is 65.4 Å². The summed E-state index contributed by atoms with van der Waals surface area (Å²) in [6.45, 7) is 7.43. The molecular weight excluding hydrogens is 320 g/mol. The molecule has 4 aliphatic carbocycles. The molecule has 0 bridgehead atoms. The summed E-state index contributed by atoms with van der Waals surface area (Å²) in [4.78, 5) is 7.94. The number of hydrogen-bond acceptors (Lipinski definition) is 2. The van der Waals surface area contributed by atoms with Gasteiger partial charge >= 0.3 is 0 Å². The van der Waals surface area contributed by atoms with Gasteiger partial charge in [-0.25, -0.2) is 4.98 Å². The highest BCUT2D eigenvalue weighted by molar-refractivity contribution is 5.68. The Morgan fingerprint density at radius 2 is 1.96 bits per heavy atom. The van der Waals surface area contributed by atoms with Crippen LogP contribution in [0, 0.1) is 34.5 Å². The minimum Gasteiger partial charge on any atom is -0.393 e. The number of hydrogen-bond donors (Lipinski definition) is 2. The van der Waals surface area contributed by atoms with Crippen LogP contribution in [0.4, 0.5) is 0 Å². The summed E-state index contributed by atoms with van der Waals surface area (Å²) in [6, 6.07) is 0.